The summed E-state index contributed by atoms with van der Waals surface area (Å²) < 4.78 is 42.3. The van der Waals surface area contributed by atoms with Gasteiger partial charge in [0.25, 0.3) is 0 Å². The molecule has 9 atom stereocenters. The monoisotopic (exact) mass is 503 g/mol. The van der Waals surface area contributed by atoms with Crippen molar-refractivity contribution in [2.45, 2.75) is 96.4 Å². The molecule has 35 heavy (non-hydrogen) atoms. The maximum Gasteiger partial charge on any atom is 0.511 e. The van der Waals surface area contributed by atoms with E-state index >= 15 is 4.39 Å². The van der Waals surface area contributed by atoms with Crippen molar-refractivity contribution >= 4 is 12.1 Å². The smallest absolute Gasteiger partial charge is 0.431 e. The summed E-state index contributed by atoms with van der Waals surface area (Å²) in [6.07, 6.45) is 0.569. The van der Waals surface area contributed by atoms with Gasteiger partial charge in [0.15, 0.2) is 0 Å². The number of carbonyl (C=O) groups is 2. The first kappa shape index (κ1) is 28.1. The molecule has 0 amide bonds. The molecule has 0 bridgehead atoms. The van der Waals surface area contributed by atoms with Crippen LogP contribution < -0.4 is 5.73 Å². The van der Waals surface area contributed by atoms with E-state index in [9.17, 15) is 9.59 Å². The summed E-state index contributed by atoms with van der Waals surface area (Å²) in [7, 11) is 0. The van der Waals surface area contributed by atoms with Crippen LogP contribution >= 0.6 is 0 Å². The van der Waals surface area contributed by atoms with Crippen LogP contribution in [0.4, 0.5) is 9.18 Å². The topological polar surface area (TPSA) is 127 Å². The summed E-state index contributed by atoms with van der Waals surface area (Å²) in [5.74, 6) is -1.29. The Kier molecular flexibility index (Phi) is 9.05. The van der Waals surface area contributed by atoms with E-state index in [4.69, 9.17) is 34.5 Å². The van der Waals surface area contributed by atoms with Gasteiger partial charge in [-0.2, -0.15) is 0 Å². The average Bonchev–Trinajstić information content (AvgIpc) is 3.22. The number of esters is 1. The quantitative estimate of drug-likeness (QED) is 0.322. The summed E-state index contributed by atoms with van der Waals surface area (Å²) in [6.45, 7) is 9.00. The largest absolute Gasteiger partial charge is 0.511 e. The van der Waals surface area contributed by atoms with Gasteiger partial charge in [-0.25, -0.2) is 14.0 Å². The summed E-state index contributed by atoms with van der Waals surface area (Å²) in [4.78, 5) is 25.7. The molecule has 10 heteroatoms. The molecule has 9 nitrogen and oxygen atoms in total. The van der Waals surface area contributed by atoms with Crippen LogP contribution in [-0.4, -0.2) is 66.9 Å². The van der Waals surface area contributed by atoms with Crippen molar-refractivity contribution < 1.29 is 42.8 Å². The number of aliphatic hydroxyl groups excluding tert-OH is 1. The minimum atomic E-state index is -1.85. The summed E-state index contributed by atoms with van der Waals surface area (Å²) in [5.41, 5.74) is 2.87. The standard InChI is InChI=1S/C25H42FNO8/c1-6-9-32-20-11-18-21(24(18,26)12-31-13-28)25(20,27)22(29)33-16(5)34-23(30)35-19-10-15(4)7-8-17(19)14(2)3/h14-21,28H,6-13,27H2,1-5H3/t15-,16+,17+,18-,19-,20-,21?,24-,25+/m1/s1. The number of rotatable bonds is 11. The zero-order valence-corrected chi connectivity index (χ0v) is 21.5. The highest BCUT2D eigenvalue weighted by Gasteiger charge is 2.81. The number of nitrogens with two attached hydrogens (primary N) is 1. The third kappa shape index (κ3) is 5.76. The van der Waals surface area contributed by atoms with Crippen molar-refractivity contribution in [2.75, 3.05) is 20.0 Å². The zero-order valence-electron chi connectivity index (χ0n) is 21.5. The Morgan fingerprint density at radius 3 is 2.51 bits per heavy atom. The summed E-state index contributed by atoms with van der Waals surface area (Å²) in [5, 5.41) is 8.91. The number of aliphatic hydroxyl groups is 1. The second-order valence-corrected chi connectivity index (χ2v) is 10.8. The lowest BCUT2D eigenvalue weighted by Crippen LogP contribution is -2.61. The Bertz CT molecular complexity index is 753. The fourth-order valence-corrected chi connectivity index (χ4v) is 6.11. The van der Waals surface area contributed by atoms with Gasteiger partial charge < -0.3 is 34.5 Å². The molecule has 202 valence electrons. The third-order valence-corrected chi connectivity index (χ3v) is 7.98. The SMILES string of the molecule is CCCO[C@@H]1C[C@@H]2C([C@]1(N)C(=O)O[C@H](C)OC(=O)O[C@@H]1C[C@H](C)CC[C@H]1C(C)C)[C@@]2(F)COCO. The number of ether oxygens (including phenoxy) is 5. The summed E-state index contributed by atoms with van der Waals surface area (Å²) in [6, 6.07) is 0. The predicted octanol–water partition coefficient (Wildman–Crippen LogP) is 3.31. The molecule has 0 aromatic heterocycles. The molecule has 0 aromatic rings. The molecule has 0 aromatic carbocycles. The van der Waals surface area contributed by atoms with Gasteiger partial charge in [0.1, 0.15) is 24.1 Å². The maximum absolute atomic E-state index is 15.4. The molecule has 3 saturated carbocycles. The number of hydrogen-bond acceptors (Lipinski definition) is 9. The second-order valence-electron chi connectivity index (χ2n) is 10.8. The Morgan fingerprint density at radius 2 is 1.89 bits per heavy atom. The third-order valence-electron chi connectivity index (χ3n) is 7.98. The molecule has 0 radical (unpaired) electrons. The first-order valence-electron chi connectivity index (χ1n) is 12.8. The van der Waals surface area contributed by atoms with Crippen LogP contribution in [0.2, 0.25) is 0 Å². The van der Waals surface area contributed by atoms with E-state index in [1.54, 1.807) is 0 Å². The van der Waals surface area contributed by atoms with Crippen LogP contribution in [0.1, 0.15) is 66.7 Å². The van der Waals surface area contributed by atoms with Gasteiger partial charge in [0.2, 0.25) is 6.29 Å². The van der Waals surface area contributed by atoms with Gasteiger partial charge >= 0.3 is 12.1 Å². The van der Waals surface area contributed by atoms with Gasteiger partial charge in [-0.1, -0.05) is 34.1 Å². The van der Waals surface area contributed by atoms with E-state index in [-0.39, 0.29) is 25.0 Å². The Balaban J connectivity index is 1.61. The molecule has 3 rings (SSSR count). The highest BCUT2D eigenvalue weighted by atomic mass is 19.1. The number of alkyl halides is 1. The van der Waals surface area contributed by atoms with E-state index in [2.05, 4.69) is 20.8 Å². The molecule has 0 spiro atoms. The van der Waals surface area contributed by atoms with E-state index < -0.39 is 54.4 Å². The normalized spacial score (nSPS) is 39.1. The van der Waals surface area contributed by atoms with Gasteiger partial charge in [-0.05, 0) is 43.4 Å². The van der Waals surface area contributed by atoms with Gasteiger partial charge in [0.05, 0.1) is 12.7 Å². The molecule has 0 saturated heterocycles. The highest BCUT2D eigenvalue weighted by Crippen LogP contribution is 2.67. The Hall–Kier alpha value is -1.49. The van der Waals surface area contributed by atoms with Crippen molar-refractivity contribution in [3.8, 4) is 0 Å². The Labute approximate surface area is 207 Å². The molecule has 3 fully saturated rings. The zero-order chi connectivity index (χ0) is 26.0. The van der Waals surface area contributed by atoms with Crippen LogP contribution in [0, 0.1) is 29.6 Å². The molecule has 0 heterocycles. The lowest BCUT2D eigenvalue weighted by molar-refractivity contribution is -0.183. The van der Waals surface area contributed by atoms with Crippen molar-refractivity contribution in [1.82, 2.24) is 0 Å². The Morgan fingerprint density at radius 1 is 1.17 bits per heavy atom. The lowest BCUT2D eigenvalue weighted by atomic mass is 9.75. The van der Waals surface area contributed by atoms with Crippen LogP contribution in [0.25, 0.3) is 0 Å². The van der Waals surface area contributed by atoms with Crippen molar-refractivity contribution in [1.29, 1.82) is 0 Å². The van der Waals surface area contributed by atoms with E-state index in [0.717, 1.165) is 19.3 Å². The highest BCUT2D eigenvalue weighted by molar-refractivity contribution is 5.84. The second kappa shape index (κ2) is 11.3. The number of halogens is 1. The lowest BCUT2D eigenvalue weighted by Gasteiger charge is -2.36. The number of hydrogen-bond donors (Lipinski definition) is 2. The first-order valence-corrected chi connectivity index (χ1v) is 12.8. The predicted molar refractivity (Wildman–Crippen MR) is 124 cm³/mol. The molecular formula is C25H42FNO8. The average molecular weight is 504 g/mol. The van der Waals surface area contributed by atoms with Gasteiger partial charge in [0, 0.05) is 25.4 Å². The van der Waals surface area contributed by atoms with Crippen LogP contribution in [0.15, 0.2) is 0 Å². The minimum absolute atomic E-state index is 0.231. The van der Waals surface area contributed by atoms with Crippen molar-refractivity contribution in [3.05, 3.63) is 0 Å². The number of carbonyl (C=O) groups excluding carboxylic acids is 2. The van der Waals surface area contributed by atoms with Crippen LogP contribution in [0.3, 0.4) is 0 Å². The molecule has 1 unspecified atom stereocenters. The van der Waals surface area contributed by atoms with E-state index in [1.165, 1.54) is 6.92 Å². The van der Waals surface area contributed by atoms with Gasteiger partial charge in [-0.15, -0.1) is 0 Å². The molecule has 3 aliphatic carbocycles. The fourth-order valence-electron chi connectivity index (χ4n) is 6.11. The molecule has 3 aliphatic rings. The van der Waals surface area contributed by atoms with E-state index in [1.807, 2.05) is 6.92 Å². The first-order chi connectivity index (χ1) is 16.5. The van der Waals surface area contributed by atoms with Crippen molar-refractivity contribution in [2.24, 2.45) is 35.3 Å². The fraction of sp³-hybridized carbons (Fsp3) is 0.920. The summed E-state index contributed by atoms with van der Waals surface area (Å²) >= 11 is 0. The molecule has 3 N–H and O–H groups in total. The molecule has 0 aliphatic heterocycles. The number of fused-ring (bicyclic) bond motifs is 1. The van der Waals surface area contributed by atoms with Crippen LogP contribution in [0.5, 0.6) is 0 Å². The maximum atomic E-state index is 15.4. The van der Waals surface area contributed by atoms with Crippen molar-refractivity contribution in [3.63, 3.8) is 0 Å². The van der Waals surface area contributed by atoms with Gasteiger partial charge in [-0.3, -0.25) is 0 Å². The molecular weight excluding hydrogens is 461 g/mol. The minimum Gasteiger partial charge on any atom is -0.431 e. The van der Waals surface area contributed by atoms with E-state index in [0.29, 0.717) is 24.9 Å². The van der Waals surface area contributed by atoms with Crippen LogP contribution in [-0.2, 0) is 28.5 Å².